The molecule has 2 fully saturated rings. The van der Waals surface area contributed by atoms with E-state index in [1.807, 2.05) is 13.8 Å². The number of fused-ring (bicyclic) bond motifs is 1. The maximum atomic E-state index is 11.0. The van der Waals surface area contributed by atoms with Crippen molar-refractivity contribution in [3.63, 3.8) is 0 Å². The van der Waals surface area contributed by atoms with Gasteiger partial charge in [0.2, 0.25) is 0 Å². The molecule has 0 aliphatic heterocycles. The highest BCUT2D eigenvalue weighted by atomic mass is 32.1. The molecule has 0 spiro atoms. The fourth-order valence-electron chi connectivity index (χ4n) is 5.43. The van der Waals surface area contributed by atoms with E-state index in [1.54, 1.807) is 5.57 Å². The summed E-state index contributed by atoms with van der Waals surface area (Å²) in [5, 5.41) is 21.5. The van der Waals surface area contributed by atoms with Crippen molar-refractivity contribution in [2.75, 3.05) is 6.61 Å². The average molecular weight is 431 g/mol. The Labute approximate surface area is 187 Å². The van der Waals surface area contributed by atoms with Gasteiger partial charge in [-0.3, -0.25) is 0 Å². The number of aliphatic hydroxyl groups is 2. The van der Waals surface area contributed by atoms with E-state index >= 15 is 0 Å². The van der Waals surface area contributed by atoms with Crippen molar-refractivity contribution in [1.29, 1.82) is 0 Å². The molecule has 0 heterocycles. The van der Waals surface area contributed by atoms with Crippen LogP contribution in [-0.2, 0) is 4.74 Å². The molecule has 0 radical (unpaired) electrons. The van der Waals surface area contributed by atoms with Gasteiger partial charge in [0.1, 0.15) is 0 Å². The summed E-state index contributed by atoms with van der Waals surface area (Å²) in [5.41, 5.74) is 4.93. The molecule has 3 nitrogen and oxygen atoms in total. The SMILES string of the molecule is C=C1C(=CC=C2CCC[C@]3(C)C(CC)=CC[C@@H]23)C[C@](O)(OCC(=S)C(C)C)CC1O. The van der Waals surface area contributed by atoms with Gasteiger partial charge in [-0.2, -0.15) is 0 Å². The molecular formula is C26H38O3S. The molecule has 4 atom stereocenters. The normalized spacial score (nSPS) is 37.0. The van der Waals surface area contributed by atoms with Crippen LogP contribution in [0.2, 0.25) is 0 Å². The first-order valence-corrected chi connectivity index (χ1v) is 11.9. The van der Waals surface area contributed by atoms with Crippen LogP contribution in [0.15, 0.2) is 47.1 Å². The van der Waals surface area contributed by atoms with Crippen LogP contribution in [0.3, 0.4) is 0 Å². The van der Waals surface area contributed by atoms with Gasteiger partial charge in [0, 0.05) is 17.7 Å². The van der Waals surface area contributed by atoms with Gasteiger partial charge in [-0.25, -0.2) is 0 Å². The topological polar surface area (TPSA) is 49.7 Å². The minimum absolute atomic E-state index is 0.130. The Morgan fingerprint density at radius 2 is 2.13 bits per heavy atom. The Kier molecular flexibility index (Phi) is 7.23. The lowest BCUT2D eigenvalue weighted by molar-refractivity contribution is -0.211. The molecule has 0 amide bonds. The summed E-state index contributed by atoms with van der Waals surface area (Å²) >= 11 is 5.34. The van der Waals surface area contributed by atoms with Crippen molar-refractivity contribution >= 4 is 17.1 Å². The molecule has 2 N–H and O–H groups in total. The molecule has 2 saturated carbocycles. The molecule has 0 aromatic rings. The summed E-state index contributed by atoms with van der Waals surface area (Å²) in [6.45, 7) is 13.0. The molecule has 1 unspecified atom stereocenters. The van der Waals surface area contributed by atoms with Gasteiger partial charge in [-0.1, -0.05) is 75.9 Å². The van der Waals surface area contributed by atoms with Crippen LogP contribution in [0.5, 0.6) is 0 Å². The minimum atomic E-state index is -1.41. The van der Waals surface area contributed by atoms with Gasteiger partial charge in [-0.05, 0) is 60.5 Å². The van der Waals surface area contributed by atoms with Crippen molar-refractivity contribution in [2.24, 2.45) is 17.3 Å². The molecule has 3 rings (SSSR count). The summed E-state index contributed by atoms with van der Waals surface area (Å²) < 4.78 is 5.79. The zero-order chi connectivity index (χ0) is 22.1. The van der Waals surface area contributed by atoms with Crippen LogP contribution in [0.4, 0.5) is 0 Å². The molecule has 30 heavy (non-hydrogen) atoms. The standard InChI is InChI=1S/C26H38O3S/c1-6-21-11-12-22-19(8-7-13-25(21,22)5)9-10-20-14-26(28,15-23(27)18(20)4)29-16-24(30)17(2)3/h9-11,17,22-23,27-28H,4,6-8,12-16H2,1-3,5H3/t22-,23?,25+,26-/m0/s1. The molecule has 0 saturated heterocycles. The van der Waals surface area contributed by atoms with Crippen LogP contribution < -0.4 is 0 Å². The summed E-state index contributed by atoms with van der Waals surface area (Å²) in [4.78, 5) is 0.775. The van der Waals surface area contributed by atoms with Crippen molar-refractivity contribution in [3.8, 4) is 0 Å². The van der Waals surface area contributed by atoms with E-state index in [9.17, 15) is 10.2 Å². The van der Waals surface area contributed by atoms with Crippen LogP contribution in [0.25, 0.3) is 0 Å². The fourth-order valence-corrected chi connectivity index (χ4v) is 5.49. The Bertz CT molecular complexity index is 790. The molecule has 0 aromatic heterocycles. The fraction of sp³-hybridized carbons (Fsp3) is 0.654. The molecule has 3 aliphatic rings. The monoisotopic (exact) mass is 430 g/mol. The lowest BCUT2D eigenvalue weighted by Crippen LogP contribution is -2.43. The quantitative estimate of drug-likeness (QED) is 0.316. The second-order valence-electron chi connectivity index (χ2n) is 9.85. The zero-order valence-corrected chi connectivity index (χ0v) is 19.9. The Morgan fingerprint density at radius 1 is 1.40 bits per heavy atom. The first kappa shape index (κ1) is 23.6. The average Bonchev–Trinajstić information content (AvgIpc) is 3.04. The van der Waals surface area contributed by atoms with Crippen molar-refractivity contribution in [3.05, 3.63) is 47.1 Å². The lowest BCUT2D eigenvalue weighted by Gasteiger charge is -2.41. The smallest absolute Gasteiger partial charge is 0.172 e. The molecule has 0 bridgehead atoms. The summed E-state index contributed by atoms with van der Waals surface area (Å²) in [7, 11) is 0. The number of hydrogen-bond donors (Lipinski definition) is 2. The van der Waals surface area contributed by atoms with Crippen LogP contribution >= 0.6 is 12.2 Å². The second-order valence-corrected chi connectivity index (χ2v) is 10.4. The molecule has 0 aromatic carbocycles. The third-order valence-corrected chi connectivity index (χ3v) is 8.10. The van der Waals surface area contributed by atoms with E-state index in [1.165, 1.54) is 18.4 Å². The van der Waals surface area contributed by atoms with Gasteiger partial charge in [0.05, 0.1) is 12.7 Å². The maximum Gasteiger partial charge on any atom is 0.172 e. The van der Waals surface area contributed by atoms with Gasteiger partial charge in [0.15, 0.2) is 5.79 Å². The van der Waals surface area contributed by atoms with Crippen LogP contribution in [0.1, 0.15) is 72.6 Å². The van der Waals surface area contributed by atoms with E-state index < -0.39 is 11.9 Å². The van der Waals surface area contributed by atoms with E-state index in [-0.39, 0.29) is 24.4 Å². The van der Waals surface area contributed by atoms with E-state index in [2.05, 4.69) is 38.7 Å². The highest BCUT2D eigenvalue weighted by Crippen LogP contribution is 2.55. The highest BCUT2D eigenvalue weighted by Gasteiger charge is 2.44. The largest absolute Gasteiger partial charge is 0.388 e. The third-order valence-electron chi connectivity index (χ3n) is 7.51. The Morgan fingerprint density at radius 3 is 2.80 bits per heavy atom. The second kappa shape index (κ2) is 9.20. The van der Waals surface area contributed by atoms with Gasteiger partial charge < -0.3 is 14.9 Å². The van der Waals surface area contributed by atoms with Gasteiger partial charge in [0.25, 0.3) is 0 Å². The van der Waals surface area contributed by atoms with E-state index in [0.29, 0.717) is 17.9 Å². The number of hydrogen-bond acceptors (Lipinski definition) is 4. The first-order valence-electron chi connectivity index (χ1n) is 11.4. The Hall–Kier alpha value is -1.07. The Balaban J connectivity index is 1.78. The van der Waals surface area contributed by atoms with Crippen LogP contribution in [-0.4, -0.2) is 33.6 Å². The van der Waals surface area contributed by atoms with E-state index in [0.717, 1.165) is 29.7 Å². The van der Waals surface area contributed by atoms with Crippen molar-refractivity contribution in [1.82, 2.24) is 0 Å². The predicted octanol–water partition coefficient (Wildman–Crippen LogP) is 5.83. The number of aliphatic hydroxyl groups excluding tert-OH is 1. The summed E-state index contributed by atoms with van der Waals surface area (Å²) in [5.74, 6) is -0.617. The zero-order valence-electron chi connectivity index (χ0n) is 19.0. The first-order chi connectivity index (χ1) is 14.1. The predicted molar refractivity (Wildman–Crippen MR) is 127 cm³/mol. The number of rotatable bonds is 6. The molecule has 166 valence electrons. The summed E-state index contributed by atoms with van der Waals surface area (Å²) in [6, 6.07) is 0. The summed E-state index contributed by atoms with van der Waals surface area (Å²) in [6.07, 6.45) is 12.2. The van der Waals surface area contributed by atoms with Crippen LogP contribution in [0, 0.1) is 17.3 Å². The number of thiocarbonyl (C=S) groups is 1. The van der Waals surface area contributed by atoms with Gasteiger partial charge >= 0.3 is 0 Å². The minimum Gasteiger partial charge on any atom is -0.388 e. The van der Waals surface area contributed by atoms with Crippen molar-refractivity contribution in [2.45, 2.75) is 84.5 Å². The molecule has 3 aliphatic carbocycles. The van der Waals surface area contributed by atoms with Crippen molar-refractivity contribution < 1.29 is 14.9 Å². The third kappa shape index (κ3) is 4.72. The highest BCUT2D eigenvalue weighted by molar-refractivity contribution is 7.80. The molecular weight excluding hydrogens is 392 g/mol. The van der Waals surface area contributed by atoms with Gasteiger partial charge in [-0.15, -0.1) is 0 Å². The lowest BCUT2D eigenvalue weighted by atomic mass is 9.64. The number of ether oxygens (including phenoxy) is 1. The van der Waals surface area contributed by atoms with E-state index in [4.69, 9.17) is 17.0 Å². The molecule has 4 heteroatoms. The number of allylic oxidation sites excluding steroid dienone is 5. The maximum absolute atomic E-state index is 11.0.